The molecule has 4 nitrogen and oxygen atoms in total. The van der Waals surface area contributed by atoms with Crippen molar-refractivity contribution in [3.8, 4) is 0 Å². The smallest absolute Gasteiger partial charge is 0.307 e. The zero-order valence-electron chi connectivity index (χ0n) is 6.57. The lowest BCUT2D eigenvalue weighted by atomic mass is 9.92. The number of carbonyl (C=O) groups is 2. The van der Waals surface area contributed by atoms with Crippen molar-refractivity contribution in [2.24, 2.45) is 11.8 Å². The van der Waals surface area contributed by atoms with Crippen molar-refractivity contribution in [2.75, 3.05) is 0 Å². The van der Waals surface area contributed by atoms with Gasteiger partial charge in [0.1, 0.15) is 0 Å². The number of carboxylic acids is 2. The lowest BCUT2D eigenvalue weighted by molar-refractivity contribution is -0.153. The molecule has 0 aliphatic rings. The summed E-state index contributed by atoms with van der Waals surface area (Å²) in [4.78, 5) is 20.8. The van der Waals surface area contributed by atoms with E-state index in [1.807, 2.05) is 0 Å². The van der Waals surface area contributed by atoms with Crippen LogP contribution in [0, 0.1) is 11.8 Å². The van der Waals surface area contributed by atoms with E-state index in [1.54, 1.807) is 6.92 Å². The molecule has 11 heavy (non-hydrogen) atoms. The third-order valence-electron chi connectivity index (χ3n) is 1.75. The van der Waals surface area contributed by atoms with Gasteiger partial charge in [-0.25, -0.2) is 0 Å². The maximum absolute atomic E-state index is 10.4. The average Bonchev–Trinajstić information content (AvgIpc) is 1.88. The zero-order chi connectivity index (χ0) is 9.02. The second-order valence-electron chi connectivity index (χ2n) is 2.48. The van der Waals surface area contributed by atoms with Gasteiger partial charge >= 0.3 is 11.9 Å². The Hall–Kier alpha value is -1.06. The average molecular weight is 160 g/mol. The summed E-state index contributed by atoms with van der Waals surface area (Å²) < 4.78 is 0. The topological polar surface area (TPSA) is 74.6 Å². The molecule has 0 aliphatic heterocycles. The van der Waals surface area contributed by atoms with Crippen LogP contribution in [0.3, 0.4) is 0 Å². The van der Waals surface area contributed by atoms with E-state index in [0.717, 1.165) is 0 Å². The predicted octanol–water partition coefficient (Wildman–Crippen LogP) is 0.818. The summed E-state index contributed by atoms with van der Waals surface area (Å²) in [7, 11) is 0. The Balaban J connectivity index is 4.25. The van der Waals surface area contributed by atoms with Crippen molar-refractivity contribution in [2.45, 2.75) is 20.3 Å². The zero-order valence-corrected chi connectivity index (χ0v) is 6.57. The first kappa shape index (κ1) is 9.94. The third-order valence-corrected chi connectivity index (χ3v) is 1.75. The molecule has 0 radical (unpaired) electrons. The third kappa shape index (κ3) is 2.57. The van der Waals surface area contributed by atoms with Crippen molar-refractivity contribution in [3.63, 3.8) is 0 Å². The second-order valence-corrected chi connectivity index (χ2v) is 2.48. The standard InChI is InChI=1S/C7H12O4/c1-3-5(7(10)11)4(2)6(8)9/h4-5H,3H2,1-2H3,(H,8,9)(H,10,11)/t4-,5+/m0/s1. The molecular formula is C7H12O4. The van der Waals surface area contributed by atoms with Gasteiger partial charge in [-0.15, -0.1) is 0 Å². The first-order chi connectivity index (χ1) is 5.00. The van der Waals surface area contributed by atoms with E-state index in [2.05, 4.69) is 0 Å². The highest BCUT2D eigenvalue weighted by molar-refractivity contribution is 5.79. The Morgan fingerprint density at radius 3 is 1.82 bits per heavy atom. The van der Waals surface area contributed by atoms with Crippen LogP contribution in [0.25, 0.3) is 0 Å². The molecule has 0 amide bonds. The SMILES string of the molecule is CC[C@@H](C(=O)O)[C@H](C)C(=O)O. The summed E-state index contributed by atoms with van der Waals surface area (Å²) >= 11 is 0. The summed E-state index contributed by atoms with van der Waals surface area (Å²) in [5, 5.41) is 17.0. The van der Waals surface area contributed by atoms with E-state index in [9.17, 15) is 9.59 Å². The van der Waals surface area contributed by atoms with Crippen LogP contribution < -0.4 is 0 Å². The Morgan fingerprint density at radius 2 is 1.73 bits per heavy atom. The van der Waals surface area contributed by atoms with Gasteiger partial charge in [-0.05, 0) is 6.42 Å². The maximum atomic E-state index is 10.4. The van der Waals surface area contributed by atoms with Gasteiger partial charge in [0.15, 0.2) is 0 Å². The quantitative estimate of drug-likeness (QED) is 0.638. The number of carboxylic acid groups (broad SMARTS) is 2. The second kappa shape index (κ2) is 3.95. The summed E-state index contributed by atoms with van der Waals surface area (Å²) in [5.41, 5.74) is 0. The van der Waals surface area contributed by atoms with Crippen LogP contribution in [0.15, 0.2) is 0 Å². The van der Waals surface area contributed by atoms with Gasteiger partial charge in [0.05, 0.1) is 11.8 Å². The monoisotopic (exact) mass is 160 g/mol. The molecule has 0 aromatic rings. The maximum Gasteiger partial charge on any atom is 0.307 e. The van der Waals surface area contributed by atoms with Crippen LogP contribution >= 0.6 is 0 Å². The lowest BCUT2D eigenvalue weighted by Crippen LogP contribution is -2.26. The van der Waals surface area contributed by atoms with E-state index >= 15 is 0 Å². The van der Waals surface area contributed by atoms with Crippen LogP contribution in [-0.2, 0) is 9.59 Å². The molecule has 4 heteroatoms. The minimum absolute atomic E-state index is 0.350. The van der Waals surface area contributed by atoms with Gasteiger partial charge in [-0.3, -0.25) is 9.59 Å². The molecule has 0 saturated heterocycles. The van der Waals surface area contributed by atoms with Crippen molar-refractivity contribution < 1.29 is 19.8 Å². The van der Waals surface area contributed by atoms with E-state index in [1.165, 1.54) is 6.92 Å². The Labute approximate surface area is 64.8 Å². The van der Waals surface area contributed by atoms with Gasteiger partial charge in [0.25, 0.3) is 0 Å². The van der Waals surface area contributed by atoms with Gasteiger partial charge in [-0.2, -0.15) is 0 Å². The van der Waals surface area contributed by atoms with E-state index in [-0.39, 0.29) is 0 Å². The predicted molar refractivity (Wildman–Crippen MR) is 38.2 cm³/mol. The van der Waals surface area contributed by atoms with Gasteiger partial charge in [0.2, 0.25) is 0 Å². The normalized spacial score (nSPS) is 15.5. The van der Waals surface area contributed by atoms with Crippen molar-refractivity contribution in [1.29, 1.82) is 0 Å². The molecule has 0 heterocycles. The minimum Gasteiger partial charge on any atom is -0.481 e. The van der Waals surface area contributed by atoms with E-state index in [4.69, 9.17) is 10.2 Å². The van der Waals surface area contributed by atoms with E-state index < -0.39 is 23.8 Å². The Bertz CT molecular complexity index is 164. The molecule has 0 fully saturated rings. The summed E-state index contributed by atoms with van der Waals surface area (Å²) in [6.07, 6.45) is 0.350. The Morgan fingerprint density at radius 1 is 1.27 bits per heavy atom. The molecule has 0 rings (SSSR count). The highest BCUT2D eigenvalue weighted by Crippen LogP contribution is 2.15. The molecule has 0 spiro atoms. The van der Waals surface area contributed by atoms with Gasteiger partial charge in [-0.1, -0.05) is 13.8 Å². The molecule has 0 unspecified atom stereocenters. The summed E-state index contributed by atoms with van der Waals surface area (Å²) in [5.74, 6) is -3.67. The highest BCUT2D eigenvalue weighted by Gasteiger charge is 2.27. The minimum atomic E-state index is -1.06. The van der Waals surface area contributed by atoms with Crippen molar-refractivity contribution in [3.05, 3.63) is 0 Å². The molecule has 0 aromatic carbocycles. The molecule has 2 N–H and O–H groups in total. The lowest BCUT2D eigenvalue weighted by Gasteiger charge is -2.13. The van der Waals surface area contributed by atoms with Crippen molar-refractivity contribution in [1.82, 2.24) is 0 Å². The number of rotatable bonds is 4. The highest BCUT2D eigenvalue weighted by atomic mass is 16.4. The fourth-order valence-electron chi connectivity index (χ4n) is 0.914. The molecule has 2 atom stereocenters. The number of hydrogen-bond donors (Lipinski definition) is 2. The molecular weight excluding hydrogens is 148 g/mol. The summed E-state index contributed by atoms with van der Waals surface area (Å²) in [6, 6.07) is 0. The molecule has 0 bridgehead atoms. The van der Waals surface area contributed by atoms with E-state index in [0.29, 0.717) is 6.42 Å². The number of hydrogen-bond acceptors (Lipinski definition) is 2. The molecule has 64 valence electrons. The van der Waals surface area contributed by atoms with Crippen LogP contribution in [0.2, 0.25) is 0 Å². The number of aliphatic carboxylic acids is 2. The van der Waals surface area contributed by atoms with Gasteiger partial charge in [0, 0.05) is 0 Å². The van der Waals surface area contributed by atoms with Crippen LogP contribution in [-0.4, -0.2) is 22.2 Å². The van der Waals surface area contributed by atoms with Crippen molar-refractivity contribution >= 4 is 11.9 Å². The van der Waals surface area contributed by atoms with Crippen LogP contribution in [0.5, 0.6) is 0 Å². The molecule has 0 saturated carbocycles. The fraction of sp³-hybridized carbons (Fsp3) is 0.714. The molecule has 0 aliphatic carbocycles. The first-order valence-electron chi connectivity index (χ1n) is 3.46. The Kier molecular flexibility index (Phi) is 3.57. The largest absolute Gasteiger partial charge is 0.481 e. The van der Waals surface area contributed by atoms with Crippen LogP contribution in [0.4, 0.5) is 0 Å². The van der Waals surface area contributed by atoms with Gasteiger partial charge < -0.3 is 10.2 Å². The first-order valence-corrected chi connectivity index (χ1v) is 3.46. The fourth-order valence-corrected chi connectivity index (χ4v) is 0.914. The molecule has 0 aromatic heterocycles. The summed E-state index contributed by atoms with van der Waals surface area (Å²) in [6.45, 7) is 3.07. The van der Waals surface area contributed by atoms with Crippen LogP contribution in [0.1, 0.15) is 20.3 Å².